The molecule has 0 spiro atoms. The number of carbonyl (C=O) groups excluding carboxylic acids is 2. The molecular formula is C16H17NO4S. The number of carbonyl (C=O) groups is 2. The van der Waals surface area contributed by atoms with Crippen LogP contribution in [0.5, 0.6) is 5.75 Å². The van der Waals surface area contributed by atoms with Gasteiger partial charge in [0, 0.05) is 6.54 Å². The van der Waals surface area contributed by atoms with Crippen LogP contribution in [0.4, 0.5) is 0 Å². The minimum Gasteiger partial charge on any atom is -0.497 e. The lowest BCUT2D eigenvalue weighted by Crippen LogP contribution is -2.24. The number of methoxy groups -OCH3 is 1. The highest BCUT2D eigenvalue weighted by molar-refractivity contribution is 7.12. The molecule has 0 bridgehead atoms. The molecule has 1 N–H and O–H groups in total. The summed E-state index contributed by atoms with van der Waals surface area (Å²) in [7, 11) is 1.57. The van der Waals surface area contributed by atoms with E-state index >= 15 is 0 Å². The SMILES string of the molecule is COc1ccc(C(=O)OCCCNC(=O)c2cccs2)cc1. The lowest BCUT2D eigenvalue weighted by molar-refractivity contribution is 0.0501. The molecule has 6 heteroatoms. The van der Waals surface area contributed by atoms with Crippen molar-refractivity contribution in [3.8, 4) is 5.75 Å². The van der Waals surface area contributed by atoms with Gasteiger partial charge >= 0.3 is 5.97 Å². The van der Waals surface area contributed by atoms with Gasteiger partial charge in [-0.15, -0.1) is 11.3 Å². The van der Waals surface area contributed by atoms with Gasteiger partial charge in [-0.1, -0.05) is 6.07 Å². The molecule has 0 radical (unpaired) electrons. The van der Waals surface area contributed by atoms with Crippen LogP contribution in [0.15, 0.2) is 41.8 Å². The van der Waals surface area contributed by atoms with Crippen LogP contribution < -0.4 is 10.1 Å². The van der Waals surface area contributed by atoms with Gasteiger partial charge < -0.3 is 14.8 Å². The van der Waals surface area contributed by atoms with Crippen LogP contribution in [-0.4, -0.2) is 32.1 Å². The van der Waals surface area contributed by atoms with Crippen molar-refractivity contribution in [2.45, 2.75) is 6.42 Å². The molecule has 2 aromatic rings. The summed E-state index contributed by atoms with van der Waals surface area (Å²) in [5, 5.41) is 4.63. The maximum absolute atomic E-state index is 11.8. The third kappa shape index (κ3) is 4.60. The zero-order valence-corrected chi connectivity index (χ0v) is 13.0. The summed E-state index contributed by atoms with van der Waals surface area (Å²) >= 11 is 1.39. The summed E-state index contributed by atoms with van der Waals surface area (Å²) in [4.78, 5) is 24.1. The van der Waals surface area contributed by atoms with Crippen molar-refractivity contribution in [1.82, 2.24) is 5.32 Å². The second-order valence-electron chi connectivity index (χ2n) is 4.45. The monoisotopic (exact) mass is 319 g/mol. The third-order valence-electron chi connectivity index (χ3n) is 2.91. The number of thiophene rings is 1. The fourth-order valence-corrected chi connectivity index (χ4v) is 2.38. The van der Waals surface area contributed by atoms with E-state index in [0.29, 0.717) is 29.2 Å². The molecule has 0 unspecified atom stereocenters. The van der Waals surface area contributed by atoms with E-state index in [1.54, 1.807) is 37.4 Å². The molecule has 0 aliphatic carbocycles. The van der Waals surface area contributed by atoms with Crippen LogP contribution in [0.25, 0.3) is 0 Å². The second-order valence-corrected chi connectivity index (χ2v) is 5.40. The minimum atomic E-state index is -0.382. The first-order chi connectivity index (χ1) is 10.7. The zero-order valence-electron chi connectivity index (χ0n) is 12.2. The summed E-state index contributed by atoms with van der Waals surface area (Å²) < 4.78 is 10.2. The predicted octanol–water partition coefficient (Wildman–Crippen LogP) is 2.73. The standard InChI is InChI=1S/C16H17NO4S/c1-20-13-7-5-12(6-8-13)16(19)21-10-3-9-17-15(18)14-4-2-11-22-14/h2,4-8,11H,3,9-10H2,1H3,(H,17,18). The van der Waals surface area contributed by atoms with E-state index in [0.717, 1.165) is 0 Å². The number of hydrogen-bond acceptors (Lipinski definition) is 5. The van der Waals surface area contributed by atoms with Gasteiger partial charge in [-0.3, -0.25) is 4.79 Å². The Morgan fingerprint density at radius 3 is 2.59 bits per heavy atom. The number of amides is 1. The quantitative estimate of drug-likeness (QED) is 0.629. The van der Waals surface area contributed by atoms with Crippen molar-refractivity contribution in [2.24, 2.45) is 0 Å². The first kappa shape index (κ1) is 16.0. The fourth-order valence-electron chi connectivity index (χ4n) is 1.74. The van der Waals surface area contributed by atoms with Gasteiger partial charge in [-0.25, -0.2) is 4.79 Å². The lowest BCUT2D eigenvalue weighted by Gasteiger charge is -2.06. The highest BCUT2D eigenvalue weighted by Gasteiger charge is 2.08. The third-order valence-corrected chi connectivity index (χ3v) is 3.78. The molecule has 1 aromatic heterocycles. The van der Waals surface area contributed by atoms with E-state index in [2.05, 4.69) is 5.32 Å². The molecular weight excluding hydrogens is 302 g/mol. The average Bonchev–Trinajstić information content (AvgIpc) is 3.09. The largest absolute Gasteiger partial charge is 0.497 e. The number of ether oxygens (including phenoxy) is 2. The topological polar surface area (TPSA) is 64.6 Å². The number of benzene rings is 1. The molecule has 0 aliphatic rings. The number of rotatable bonds is 7. The molecule has 0 fully saturated rings. The Kier molecular flexibility index (Phi) is 5.97. The van der Waals surface area contributed by atoms with Crippen molar-refractivity contribution < 1.29 is 19.1 Å². The Balaban J connectivity index is 1.65. The highest BCUT2D eigenvalue weighted by Crippen LogP contribution is 2.12. The maximum Gasteiger partial charge on any atom is 0.338 e. The molecule has 1 amide bonds. The molecule has 0 atom stereocenters. The molecule has 22 heavy (non-hydrogen) atoms. The van der Waals surface area contributed by atoms with Crippen LogP contribution in [-0.2, 0) is 4.74 Å². The molecule has 1 heterocycles. The van der Waals surface area contributed by atoms with Gasteiger partial charge in [0.1, 0.15) is 5.75 Å². The zero-order chi connectivity index (χ0) is 15.8. The van der Waals surface area contributed by atoms with Crippen molar-refractivity contribution in [3.63, 3.8) is 0 Å². The van der Waals surface area contributed by atoms with Gasteiger partial charge in [0.15, 0.2) is 0 Å². The summed E-state index contributed by atoms with van der Waals surface area (Å²) in [6.45, 7) is 0.724. The van der Waals surface area contributed by atoms with E-state index in [1.807, 2.05) is 11.4 Å². The van der Waals surface area contributed by atoms with Gasteiger partial charge in [-0.2, -0.15) is 0 Å². The summed E-state index contributed by atoms with van der Waals surface area (Å²) in [5.74, 6) is 0.205. The molecule has 0 aliphatic heterocycles. The molecule has 5 nitrogen and oxygen atoms in total. The van der Waals surface area contributed by atoms with Gasteiger partial charge in [-0.05, 0) is 42.1 Å². The number of nitrogens with one attached hydrogen (secondary N) is 1. The summed E-state index contributed by atoms with van der Waals surface area (Å²) in [6, 6.07) is 10.3. The van der Waals surface area contributed by atoms with E-state index < -0.39 is 0 Å². The van der Waals surface area contributed by atoms with E-state index in [1.165, 1.54) is 11.3 Å². The number of hydrogen-bond donors (Lipinski definition) is 1. The molecule has 116 valence electrons. The molecule has 0 saturated carbocycles. The Morgan fingerprint density at radius 2 is 1.95 bits per heavy atom. The molecule has 0 saturated heterocycles. The number of esters is 1. The van der Waals surface area contributed by atoms with Crippen molar-refractivity contribution in [2.75, 3.05) is 20.3 Å². The minimum absolute atomic E-state index is 0.100. The van der Waals surface area contributed by atoms with E-state index in [9.17, 15) is 9.59 Å². The van der Waals surface area contributed by atoms with Crippen molar-refractivity contribution in [1.29, 1.82) is 0 Å². The molecule has 2 rings (SSSR count). The summed E-state index contributed by atoms with van der Waals surface area (Å²) in [5.41, 5.74) is 0.475. The van der Waals surface area contributed by atoms with Crippen LogP contribution in [0.1, 0.15) is 26.5 Å². The van der Waals surface area contributed by atoms with Crippen LogP contribution in [0.2, 0.25) is 0 Å². The normalized spacial score (nSPS) is 10.0. The Labute approximate surface area is 132 Å². The fraction of sp³-hybridized carbons (Fsp3) is 0.250. The maximum atomic E-state index is 11.8. The van der Waals surface area contributed by atoms with Gasteiger partial charge in [0.25, 0.3) is 5.91 Å². The van der Waals surface area contributed by atoms with Gasteiger partial charge in [0.2, 0.25) is 0 Å². The predicted molar refractivity (Wildman–Crippen MR) is 84.5 cm³/mol. The highest BCUT2D eigenvalue weighted by atomic mass is 32.1. The first-order valence-corrected chi connectivity index (χ1v) is 7.71. The molecule has 1 aromatic carbocycles. The van der Waals surface area contributed by atoms with Crippen molar-refractivity contribution >= 4 is 23.2 Å². The van der Waals surface area contributed by atoms with Crippen LogP contribution in [0, 0.1) is 0 Å². The Bertz CT molecular complexity index is 608. The van der Waals surface area contributed by atoms with E-state index in [4.69, 9.17) is 9.47 Å². The Hall–Kier alpha value is -2.34. The first-order valence-electron chi connectivity index (χ1n) is 6.83. The smallest absolute Gasteiger partial charge is 0.338 e. The van der Waals surface area contributed by atoms with Gasteiger partial charge in [0.05, 0.1) is 24.2 Å². The van der Waals surface area contributed by atoms with E-state index in [-0.39, 0.29) is 18.5 Å². The Morgan fingerprint density at radius 1 is 1.18 bits per heavy atom. The second kappa shape index (κ2) is 8.19. The lowest BCUT2D eigenvalue weighted by atomic mass is 10.2. The van der Waals surface area contributed by atoms with Crippen molar-refractivity contribution in [3.05, 3.63) is 52.2 Å². The van der Waals surface area contributed by atoms with Crippen LogP contribution in [0.3, 0.4) is 0 Å². The van der Waals surface area contributed by atoms with Crippen LogP contribution >= 0.6 is 11.3 Å². The summed E-state index contributed by atoms with van der Waals surface area (Å²) in [6.07, 6.45) is 0.568. The average molecular weight is 319 g/mol.